The Hall–Kier alpha value is -2.17. The Morgan fingerprint density at radius 2 is 1.79 bits per heavy atom. The van der Waals surface area contributed by atoms with Crippen molar-refractivity contribution in [1.82, 2.24) is 0 Å². The fraction of sp³-hybridized carbons (Fsp3) is 0.143. The van der Waals surface area contributed by atoms with Crippen molar-refractivity contribution < 1.29 is 17.9 Å². The van der Waals surface area contributed by atoms with Crippen LogP contribution in [0.25, 0.3) is 0 Å². The molecule has 2 aromatic carbocycles. The molecule has 0 aliphatic rings. The Balaban J connectivity index is 2.12. The molecule has 0 aliphatic heterocycles. The van der Waals surface area contributed by atoms with Gasteiger partial charge in [0.25, 0.3) is 0 Å². The first kappa shape index (κ1) is 13.3. The monoisotopic (exact) mass is 267 g/mol. The zero-order valence-electron chi connectivity index (χ0n) is 10.2. The van der Waals surface area contributed by atoms with E-state index in [0.29, 0.717) is 17.0 Å². The quantitative estimate of drug-likeness (QED) is 0.911. The zero-order valence-corrected chi connectivity index (χ0v) is 10.2. The number of rotatable bonds is 4. The molecule has 0 atom stereocenters. The van der Waals surface area contributed by atoms with Crippen LogP contribution in [0.3, 0.4) is 0 Å². The summed E-state index contributed by atoms with van der Waals surface area (Å²) in [6, 6.07) is 7.70. The lowest BCUT2D eigenvalue weighted by Crippen LogP contribution is -2.02. The summed E-state index contributed by atoms with van der Waals surface area (Å²) in [6.07, 6.45) is 0. The van der Waals surface area contributed by atoms with Crippen LogP contribution in [0.1, 0.15) is 5.56 Å². The Morgan fingerprint density at radius 1 is 1.00 bits per heavy atom. The van der Waals surface area contributed by atoms with Gasteiger partial charge in [0.05, 0.1) is 12.8 Å². The standard InChI is InChI=1S/C14H12F3NO/c1-19-14-7-10(15)3-5-13(14)18-8-9-2-4-11(16)12(17)6-9/h2-7,18H,8H2,1H3. The number of nitrogens with one attached hydrogen (secondary N) is 1. The van der Waals surface area contributed by atoms with E-state index in [1.807, 2.05) is 0 Å². The Labute approximate surface area is 108 Å². The normalized spacial score (nSPS) is 10.3. The van der Waals surface area contributed by atoms with Gasteiger partial charge in [-0.3, -0.25) is 0 Å². The molecule has 2 rings (SSSR count). The van der Waals surface area contributed by atoms with E-state index in [1.54, 1.807) is 0 Å². The van der Waals surface area contributed by atoms with Crippen LogP contribution in [-0.4, -0.2) is 7.11 Å². The first-order valence-corrected chi connectivity index (χ1v) is 5.61. The highest BCUT2D eigenvalue weighted by Gasteiger charge is 2.06. The minimum atomic E-state index is -0.898. The third-order valence-electron chi connectivity index (χ3n) is 2.63. The predicted octanol–water partition coefficient (Wildman–Crippen LogP) is 3.72. The summed E-state index contributed by atoms with van der Waals surface area (Å²) in [5.74, 6) is -1.84. The maximum absolute atomic E-state index is 13.0. The number of hydrogen-bond acceptors (Lipinski definition) is 2. The summed E-state index contributed by atoms with van der Waals surface area (Å²) in [5, 5.41) is 2.97. The fourth-order valence-corrected chi connectivity index (χ4v) is 1.66. The number of anilines is 1. The largest absolute Gasteiger partial charge is 0.494 e. The molecule has 0 fully saturated rings. The second-order valence-electron chi connectivity index (χ2n) is 3.95. The van der Waals surface area contributed by atoms with Crippen molar-refractivity contribution in [3.8, 4) is 5.75 Å². The number of ether oxygens (including phenoxy) is 1. The average Bonchev–Trinajstić information content (AvgIpc) is 2.41. The molecule has 0 saturated carbocycles. The molecule has 2 aromatic rings. The van der Waals surface area contributed by atoms with Crippen LogP contribution in [0.2, 0.25) is 0 Å². The Morgan fingerprint density at radius 3 is 2.47 bits per heavy atom. The third-order valence-corrected chi connectivity index (χ3v) is 2.63. The molecule has 100 valence electrons. The summed E-state index contributed by atoms with van der Waals surface area (Å²) >= 11 is 0. The van der Waals surface area contributed by atoms with Gasteiger partial charge in [-0.2, -0.15) is 0 Å². The van der Waals surface area contributed by atoms with Crippen LogP contribution >= 0.6 is 0 Å². The number of halogens is 3. The molecule has 2 nitrogen and oxygen atoms in total. The lowest BCUT2D eigenvalue weighted by molar-refractivity contribution is 0.413. The molecular formula is C14H12F3NO. The van der Waals surface area contributed by atoms with Crippen LogP contribution in [-0.2, 0) is 6.54 Å². The topological polar surface area (TPSA) is 21.3 Å². The predicted molar refractivity (Wildman–Crippen MR) is 66.6 cm³/mol. The highest BCUT2D eigenvalue weighted by Crippen LogP contribution is 2.25. The van der Waals surface area contributed by atoms with E-state index in [9.17, 15) is 13.2 Å². The average molecular weight is 267 g/mol. The van der Waals surface area contributed by atoms with Crippen molar-refractivity contribution >= 4 is 5.69 Å². The molecule has 0 saturated heterocycles. The van der Waals surface area contributed by atoms with Crippen molar-refractivity contribution in [2.45, 2.75) is 6.54 Å². The smallest absolute Gasteiger partial charge is 0.159 e. The Kier molecular flexibility index (Phi) is 3.94. The van der Waals surface area contributed by atoms with Crippen molar-refractivity contribution in [2.24, 2.45) is 0 Å². The molecule has 0 unspecified atom stereocenters. The molecule has 0 amide bonds. The van der Waals surface area contributed by atoms with Gasteiger partial charge in [-0.15, -0.1) is 0 Å². The second kappa shape index (κ2) is 5.65. The highest BCUT2D eigenvalue weighted by molar-refractivity contribution is 5.56. The van der Waals surface area contributed by atoms with Crippen LogP contribution in [0.5, 0.6) is 5.75 Å². The maximum Gasteiger partial charge on any atom is 0.159 e. The fourth-order valence-electron chi connectivity index (χ4n) is 1.66. The maximum atomic E-state index is 13.0. The van der Waals surface area contributed by atoms with E-state index in [4.69, 9.17) is 4.74 Å². The van der Waals surface area contributed by atoms with Gasteiger partial charge in [0.1, 0.15) is 11.6 Å². The van der Waals surface area contributed by atoms with Gasteiger partial charge in [-0.05, 0) is 29.8 Å². The van der Waals surface area contributed by atoms with Crippen LogP contribution in [0, 0.1) is 17.5 Å². The second-order valence-corrected chi connectivity index (χ2v) is 3.95. The summed E-state index contributed by atoms with van der Waals surface area (Å²) in [6.45, 7) is 0.277. The van der Waals surface area contributed by atoms with Crippen molar-refractivity contribution in [3.05, 3.63) is 59.4 Å². The van der Waals surface area contributed by atoms with Crippen molar-refractivity contribution in [2.75, 3.05) is 12.4 Å². The minimum Gasteiger partial charge on any atom is -0.494 e. The van der Waals surface area contributed by atoms with E-state index in [2.05, 4.69) is 5.32 Å². The summed E-state index contributed by atoms with van der Waals surface area (Å²) in [4.78, 5) is 0. The molecule has 19 heavy (non-hydrogen) atoms. The Bertz CT molecular complexity index is 587. The molecule has 5 heteroatoms. The van der Waals surface area contributed by atoms with Gasteiger partial charge in [0.2, 0.25) is 0 Å². The van der Waals surface area contributed by atoms with Gasteiger partial charge in [0, 0.05) is 12.6 Å². The molecule has 0 spiro atoms. The van der Waals surface area contributed by atoms with E-state index in [-0.39, 0.29) is 6.54 Å². The van der Waals surface area contributed by atoms with Crippen molar-refractivity contribution in [1.29, 1.82) is 0 Å². The first-order valence-electron chi connectivity index (χ1n) is 5.61. The van der Waals surface area contributed by atoms with Gasteiger partial charge >= 0.3 is 0 Å². The SMILES string of the molecule is COc1cc(F)ccc1NCc1ccc(F)c(F)c1. The lowest BCUT2D eigenvalue weighted by Gasteiger charge is -2.11. The number of hydrogen-bond donors (Lipinski definition) is 1. The summed E-state index contributed by atoms with van der Waals surface area (Å²) in [7, 11) is 1.43. The van der Waals surface area contributed by atoms with Crippen LogP contribution < -0.4 is 10.1 Å². The number of benzene rings is 2. The molecule has 0 aliphatic carbocycles. The highest BCUT2D eigenvalue weighted by atomic mass is 19.2. The van der Waals surface area contributed by atoms with Crippen molar-refractivity contribution in [3.63, 3.8) is 0 Å². The third kappa shape index (κ3) is 3.19. The number of methoxy groups -OCH3 is 1. The molecule has 0 radical (unpaired) electrons. The molecule has 0 bridgehead atoms. The summed E-state index contributed by atoms with van der Waals surface area (Å²) < 4.78 is 43.8. The van der Waals surface area contributed by atoms with Gasteiger partial charge in [-0.25, -0.2) is 13.2 Å². The molecule has 0 aromatic heterocycles. The molecular weight excluding hydrogens is 255 g/mol. The summed E-state index contributed by atoms with van der Waals surface area (Å²) in [5.41, 5.74) is 1.15. The van der Waals surface area contributed by atoms with E-state index >= 15 is 0 Å². The van der Waals surface area contributed by atoms with Gasteiger partial charge in [-0.1, -0.05) is 6.07 Å². The molecule has 0 heterocycles. The van der Waals surface area contributed by atoms with E-state index in [1.165, 1.54) is 31.4 Å². The zero-order chi connectivity index (χ0) is 13.8. The lowest BCUT2D eigenvalue weighted by atomic mass is 10.2. The van der Waals surface area contributed by atoms with Gasteiger partial charge < -0.3 is 10.1 Å². The van der Waals surface area contributed by atoms with Gasteiger partial charge in [0.15, 0.2) is 11.6 Å². The van der Waals surface area contributed by atoms with E-state index < -0.39 is 17.5 Å². The first-order chi connectivity index (χ1) is 9.10. The van der Waals surface area contributed by atoms with Crippen LogP contribution in [0.15, 0.2) is 36.4 Å². The molecule has 1 N–H and O–H groups in total. The minimum absolute atomic E-state index is 0.277. The van der Waals surface area contributed by atoms with E-state index in [0.717, 1.165) is 12.1 Å². The van der Waals surface area contributed by atoms with Crippen LogP contribution in [0.4, 0.5) is 18.9 Å².